The monoisotopic (exact) mass is 286 g/mol. The van der Waals surface area contributed by atoms with E-state index < -0.39 is 5.41 Å². The highest BCUT2D eigenvalue weighted by Crippen LogP contribution is 2.35. The molecule has 2 rings (SSSR count). The Morgan fingerprint density at radius 1 is 1.33 bits per heavy atom. The highest BCUT2D eigenvalue weighted by molar-refractivity contribution is 5.95. The molecule has 112 valence electrons. The van der Waals surface area contributed by atoms with Crippen molar-refractivity contribution in [1.29, 1.82) is 0 Å². The standard InChI is InChI=1S/C17H22N2O2/c1-3-7-13(2)15(20)19-11-10-17(12-19,16(18)21)14-8-5-4-6-9-14/h4-9H,3,10-12H2,1-2H3,(H2,18,21). The zero-order valence-electron chi connectivity index (χ0n) is 12.6. The van der Waals surface area contributed by atoms with Gasteiger partial charge in [-0.05, 0) is 25.3 Å². The molecule has 4 nitrogen and oxygen atoms in total. The molecule has 1 saturated heterocycles. The molecule has 1 aromatic carbocycles. The fourth-order valence-corrected chi connectivity index (χ4v) is 2.96. The van der Waals surface area contributed by atoms with Crippen LogP contribution in [0.4, 0.5) is 0 Å². The van der Waals surface area contributed by atoms with E-state index in [1.807, 2.05) is 50.3 Å². The molecule has 2 amide bonds. The molecule has 1 aromatic rings. The summed E-state index contributed by atoms with van der Waals surface area (Å²) < 4.78 is 0. The maximum absolute atomic E-state index is 12.4. The number of primary amides is 1. The summed E-state index contributed by atoms with van der Waals surface area (Å²) in [6.07, 6.45) is 3.32. The molecule has 1 unspecified atom stereocenters. The van der Waals surface area contributed by atoms with Crippen LogP contribution in [0, 0.1) is 0 Å². The molecule has 0 aromatic heterocycles. The summed E-state index contributed by atoms with van der Waals surface area (Å²) in [5.74, 6) is -0.364. The fraction of sp³-hybridized carbons (Fsp3) is 0.412. The molecule has 1 aliphatic heterocycles. The van der Waals surface area contributed by atoms with Crippen LogP contribution in [0.3, 0.4) is 0 Å². The summed E-state index contributed by atoms with van der Waals surface area (Å²) in [5.41, 5.74) is 6.53. The van der Waals surface area contributed by atoms with Gasteiger partial charge in [-0.25, -0.2) is 0 Å². The number of nitrogens with zero attached hydrogens (tertiary/aromatic N) is 1. The Morgan fingerprint density at radius 2 is 2.00 bits per heavy atom. The van der Waals surface area contributed by atoms with E-state index in [9.17, 15) is 9.59 Å². The summed E-state index contributed by atoms with van der Waals surface area (Å²) in [6, 6.07) is 9.52. The number of hydrogen-bond acceptors (Lipinski definition) is 2. The Bertz CT molecular complexity index is 565. The van der Waals surface area contributed by atoms with Gasteiger partial charge in [0.1, 0.15) is 0 Å². The topological polar surface area (TPSA) is 63.4 Å². The van der Waals surface area contributed by atoms with E-state index in [0.29, 0.717) is 19.5 Å². The molecule has 0 bridgehead atoms. The molecule has 4 heteroatoms. The number of hydrogen-bond donors (Lipinski definition) is 1. The number of nitrogens with two attached hydrogens (primary N) is 1. The zero-order chi connectivity index (χ0) is 15.5. The maximum atomic E-state index is 12.4. The van der Waals surface area contributed by atoms with Gasteiger partial charge in [-0.1, -0.05) is 43.3 Å². The fourth-order valence-electron chi connectivity index (χ4n) is 2.96. The van der Waals surface area contributed by atoms with E-state index in [2.05, 4.69) is 0 Å². The Labute approximate surface area is 125 Å². The number of likely N-dealkylation sites (tertiary alicyclic amines) is 1. The lowest BCUT2D eigenvalue weighted by Gasteiger charge is -2.26. The van der Waals surface area contributed by atoms with E-state index in [4.69, 9.17) is 5.73 Å². The highest BCUT2D eigenvalue weighted by Gasteiger charge is 2.46. The van der Waals surface area contributed by atoms with Gasteiger partial charge in [0.15, 0.2) is 0 Å². The molecule has 0 radical (unpaired) electrons. The van der Waals surface area contributed by atoms with Gasteiger partial charge >= 0.3 is 0 Å². The molecular formula is C17H22N2O2. The van der Waals surface area contributed by atoms with Crippen LogP contribution < -0.4 is 5.73 Å². The lowest BCUT2D eigenvalue weighted by atomic mass is 9.79. The van der Waals surface area contributed by atoms with Crippen LogP contribution in [-0.2, 0) is 15.0 Å². The molecule has 1 heterocycles. The minimum Gasteiger partial charge on any atom is -0.369 e. The molecule has 1 fully saturated rings. The molecule has 1 aliphatic rings. The average Bonchev–Trinajstić information content (AvgIpc) is 2.94. The Balaban J connectivity index is 2.27. The third-order valence-corrected chi connectivity index (χ3v) is 4.20. The van der Waals surface area contributed by atoms with Gasteiger partial charge in [0, 0.05) is 18.7 Å². The van der Waals surface area contributed by atoms with E-state index >= 15 is 0 Å². The summed E-state index contributed by atoms with van der Waals surface area (Å²) in [5, 5.41) is 0. The predicted molar refractivity (Wildman–Crippen MR) is 82.6 cm³/mol. The number of amides is 2. The molecule has 0 spiro atoms. The Hall–Kier alpha value is -2.10. The van der Waals surface area contributed by atoms with Gasteiger partial charge in [-0.3, -0.25) is 9.59 Å². The van der Waals surface area contributed by atoms with Crippen LogP contribution in [-0.4, -0.2) is 29.8 Å². The summed E-state index contributed by atoms with van der Waals surface area (Å²) in [6.45, 7) is 4.74. The van der Waals surface area contributed by atoms with Crippen LogP contribution in [0.1, 0.15) is 32.3 Å². The third-order valence-electron chi connectivity index (χ3n) is 4.20. The van der Waals surface area contributed by atoms with Crippen molar-refractivity contribution in [3.63, 3.8) is 0 Å². The third kappa shape index (κ3) is 2.84. The molecule has 0 aliphatic carbocycles. The SMILES string of the molecule is CCC=C(C)C(=O)N1CCC(C(N)=O)(c2ccccc2)C1. The smallest absolute Gasteiger partial charge is 0.249 e. The van der Waals surface area contributed by atoms with Crippen LogP contribution in [0.5, 0.6) is 0 Å². The predicted octanol–water partition coefficient (Wildman–Crippen LogP) is 2.00. The van der Waals surface area contributed by atoms with Gasteiger partial charge < -0.3 is 10.6 Å². The van der Waals surface area contributed by atoms with Crippen LogP contribution in [0.25, 0.3) is 0 Å². The van der Waals surface area contributed by atoms with Crippen LogP contribution in [0.2, 0.25) is 0 Å². The van der Waals surface area contributed by atoms with E-state index in [1.165, 1.54) is 0 Å². The number of rotatable bonds is 4. The largest absolute Gasteiger partial charge is 0.369 e. The van der Waals surface area contributed by atoms with E-state index in [-0.39, 0.29) is 11.8 Å². The quantitative estimate of drug-likeness (QED) is 0.860. The van der Waals surface area contributed by atoms with Gasteiger partial charge in [0.25, 0.3) is 0 Å². The summed E-state index contributed by atoms with van der Waals surface area (Å²) in [4.78, 5) is 26.2. The minimum atomic E-state index is -0.761. The minimum absolute atomic E-state index is 0.00379. The van der Waals surface area contributed by atoms with Gasteiger partial charge in [0.05, 0.1) is 5.41 Å². The molecule has 0 saturated carbocycles. The second-order valence-corrected chi connectivity index (χ2v) is 5.58. The van der Waals surface area contributed by atoms with Crippen molar-refractivity contribution < 1.29 is 9.59 Å². The maximum Gasteiger partial charge on any atom is 0.249 e. The molecule has 21 heavy (non-hydrogen) atoms. The first kappa shape index (κ1) is 15.3. The molecular weight excluding hydrogens is 264 g/mol. The highest BCUT2D eigenvalue weighted by atomic mass is 16.2. The second-order valence-electron chi connectivity index (χ2n) is 5.58. The lowest BCUT2D eigenvalue weighted by molar-refractivity contribution is -0.127. The van der Waals surface area contributed by atoms with Gasteiger partial charge in [-0.2, -0.15) is 0 Å². The molecule has 1 atom stereocenters. The average molecular weight is 286 g/mol. The summed E-state index contributed by atoms with van der Waals surface area (Å²) >= 11 is 0. The Kier molecular flexibility index (Phi) is 4.46. The van der Waals surface area contributed by atoms with Crippen molar-refractivity contribution in [1.82, 2.24) is 4.90 Å². The van der Waals surface area contributed by atoms with Crippen molar-refractivity contribution >= 4 is 11.8 Å². The van der Waals surface area contributed by atoms with Crippen molar-refractivity contribution in [2.24, 2.45) is 5.73 Å². The van der Waals surface area contributed by atoms with Crippen molar-refractivity contribution in [2.45, 2.75) is 32.1 Å². The van der Waals surface area contributed by atoms with Crippen LogP contribution >= 0.6 is 0 Å². The van der Waals surface area contributed by atoms with Gasteiger partial charge in [-0.15, -0.1) is 0 Å². The van der Waals surface area contributed by atoms with Crippen molar-refractivity contribution in [3.8, 4) is 0 Å². The first-order chi connectivity index (χ1) is 10.0. The summed E-state index contributed by atoms with van der Waals surface area (Å²) in [7, 11) is 0. The normalized spacial score (nSPS) is 22.4. The first-order valence-electron chi connectivity index (χ1n) is 7.32. The van der Waals surface area contributed by atoms with Crippen molar-refractivity contribution in [2.75, 3.05) is 13.1 Å². The van der Waals surface area contributed by atoms with E-state index in [1.54, 1.807) is 4.90 Å². The van der Waals surface area contributed by atoms with Crippen LogP contribution in [0.15, 0.2) is 42.0 Å². The van der Waals surface area contributed by atoms with E-state index in [0.717, 1.165) is 17.6 Å². The van der Waals surface area contributed by atoms with Crippen molar-refractivity contribution in [3.05, 3.63) is 47.5 Å². The number of allylic oxidation sites excluding steroid dienone is 1. The first-order valence-corrected chi connectivity index (χ1v) is 7.32. The number of carbonyl (C=O) groups is 2. The number of carbonyl (C=O) groups excluding carboxylic acids is 2. The second kappa shape index (κ2) is 6.12. The zero-order valence-corrected chi connectivity index (χ0v) is 12.6. The Morgan fingerprint density at radius 3 is 2.57 bits per heavy atom. The van der Waals surface area contributed by atoms with Gasteiger partial charge in [0.2, 0.25) is 11.8 Å². The number of benzene rings is 1. The lowest BCUT2D eigenvalue weighted by Crippen LogP contribution is -2.44. The molecule has 2 N–H and O–H groups in total.